The lowest BCUT2D eigenvalue weighted by atomic mass is 10.4. The Balaban J connectivity index is 1.47. The molecule has 2 aromatic rings. The lowest BCUT2D eigenvalue weighted by Gasteiger charge is -2.08. The number of carbonyl (C=O) groups excluding carboxylic acids is 1. The molecule has 7 heteroatoms. The Labute approximate surface area is 138 Å². The number of nitrogens with one attached hydrogen (secondary N) is 1. The standard InChI is InChI=1S/C15H20N4OS2/c1-19-9-11(8-17-19)15-18-13(10-22-15)14(20)16-6-7-21-12-4-2-3-5-12/h8-10,12H,2-7H2,1H3,(H,16,20). The van der Waals surface area contributed by atoms with Gasteiger partial charge in [0.25, 0.3) is 5.91 Å². The van der Waals surface area contributed by atoms with Crippen LogP contribution in [0.15, 0.2) is 17.8 Å². The molecule has 3 rings (SSSR count). The van der Waals surface area contributed by atoms with E-state index in [0.717, 1.165) is 21.6 Å². The molecule has 1 aliphatic rings. The van der Waals surface area contributed by atoms with Crippen molar-refractivity contribution in [2.75, 3.05) is 12.3 Å². The highest BCUT2D eigenvalue weighted by atomic mass is 32.2. The van der Waals surface area contributed by atoms with Crippen LogP contribution in [0, 0.1) is 0 Å². The highest BCUT2D eigenvalue weighted by molar-refractivity contribution is 7.99. The highest BCUT2D eigenvalue weighted by Crippen LogP contribution is 2.29. The molecular weight excluding hydrogens is 316 g/mol. The number of thioether (sulfide) groups is 1. The van der Waals surface area contributed by atoms with Crippen molar-refractivity contribution < 1.29 is 4.79 Å². The molecule has 118 valence electrons. The van der Waals surface area contributed by atoms with Gasteiger partial charge >= 0.3 is 0 Å². The molecule has 0 saturated heterocycles. The summed E-state index contributed by atoms with van der Waals surface area (Å²) in [4.78, 5) is 16.5. The van der Waals surface area contributed by atoms with Gasteiger partial charge in [0.1, 0.15) is 10.7 Å². The fourth-order valence-corrected chi connectivity index (χ4v) is 4.57. The van der Waals surface area contributed by atoms with Gasteiger partial charge in [0.05, 0.1) is 6.20 Å². The second-order valence-corrected chi connectivity index (χ2v) is 7.74. The van der Waals surface area contributed by atoms with Crippen LogP contribution in [0.3, 0.4) is 0 Å². The molecule has 1 aliphatic carbocycles. The second-order valence-electron chi connectivity index (χ2n) is 5.47. The fourth-order valence-electron chi connectivity index (χ4n) is 2.58. The molecule has 0 unspecified atom stereocenters. The van der Waals surface area contributed by atoms with Gasteiger partial charge in [-0.05, 0) is 12.8 Å². The smallest absolute Gasteiger partial charge is 0.270 e. The second kappa shape index (κ2) is 7.28. The number of aryl methyl sites for hydroxylation is 1. The van der Waals surface area contributed by atoms with Crippen LogP contribution >= 0.6 is 23.1 Å². The molecule has 22 heavy (non-hydrogen) atoms. The summed E-state index contributed by atoms with van der Waals surface area (Å²) in [6.07, 6.45) is 9.05. The van der Waals surface area contributed by atoms with E-state index in [1.54, 1.807) is 10.9 Å². The molecule has 0 radical (unpaired) electrons. The van der Waals surface area contributed by atoms with Crippen molar-refractivity contribution in [1.29, 1.82) is 0 Å². The molecule has 0 aliphatic heterocycles. The van der Waals surface area contributed by atoms with Gasteiger partial charge < -0.3 is 5.32 Å². The van der Waals surface area contributed by atoms with Crippen molar-refractivity contribution in [3.8, 4) is 10.6 Å². The summed E-state index contributed by atoms with van der Waals surface area (Å²) in [6.45, 7) is 0.708. The summed E-state index contributed by atoms with van der Waals surface area (Å²) in [5, 5.41) is 10.5. The summed E-state index contributed by atoms with van der Waals surface area (Å²) in [6, 6.07) is 0. The summed E-state index contributed by atoms with van der Waals surface area (Å²) in [7, 11) is 1.87. The van der Waals surface area contributed by atoms with Gasteiger partial charge in [-0.1, -0.05) is 12.8 Å². The van der Waals surface area contributed by atoms with Crippen molar-refractivity contribution in [3.63, 3.8) is 0 Å². The number of rotatable bonds is 6. The minimum absolute atomic E-state index is 0.0848. The van der Waals surface area contributed by atoms with E-state index in [2.05, 4.69) is 15.4 Å². The quantitative estimate of drug-likeness (QED) is 0.824. The molecule has 1 saturated carbocycles. The number of nitrogens with zero attached hydrogens (tertiary/aromatic N) is 3. The predicted molar refractivity (Wildman–Crippen MR) is 91.4 cm³/mol. The number of carbonyl (C=O) groups is 1. The third-order valence-corrected chi connectivity index (χ3v) is 6.01. The van der Waals surface area contributed by atoms with Crippen LogP contribution in [0.1, 0.15) is 36.2 Å². The molecule has 2 aromatic heterocycles. The van der Waals surface area contributed by atoms with Gasteiger partial charge in [-0.25, -0.2) is 4.98 Å². The maximum Gasteiger partial charge on any atom is 0.270 e. The lowest BCUT2D eigenvalue weighted by Crippen LogP contribution is -2.26. The van der Waals surface area contributed by atoms with Gasteiger partial charge in [0.15, 0.2) is 0 Å². The first kappa shape index (κ1) is 15.6. The van der Waals surface area contributed by atoms with E-state index >= 15 is 0 Å². The van der Waals surface area contributed by atoms with Gasteiger partial charge in [-0.2, -0.15) is 16.9 Å². The van der Waals surface area contributed by atoms with Crippen LogP contribution in [-0.2, 0) is 7.05 Å². The van der Waals surface area contributed by atoms with Crippen molar-refractivity contribution >= 4 is 29.0 Å². The average molecular weight is 336 g/mol. The Morgan fingerprint density at radius 3 is 3.05 bits per heavy atom. The van der Waals surface area contributed by atoms with Crippen LogP contribution in [0.5, 0.6) is 0 Å². The van der Waals surface area contributed by atoms with Gasteiger partial charge in [-0.15, -0.1) is 11.3 Å². The third kappa shape index (κ3) is 3.89. The number of hydrogen-bond donors (Lipinski definition) is 1. The molecule has 5 nitrogen and oxygen atoms in total. The first-order valence-electron chi connectivity index (χ1n) is 7.57. The van der Waals surface area contributed by atoms with E-state index in [0.29, 0.717) is 12.2 Å². The zero-order valence-electron chi connectivity index (χ0n) is 12.6. The molecular formula is C15H20N4OS2. The maximum absolute atomic E-state index is 12.1. The number of amides is 1. The number of thiazole rings is 1. The summed E-state index contributed by atoms with van der Waals surface area (Å²) in [5.41, 5.74) is 1.44. The topological polar surface area (TPSA) is 59.8 Å². The van der Waals surface area contributed by atoms with E-state index in [-0.39, 0.29) is 5.91 Å². The van der Waals surface area contributed by atoms with E-state index in [9.17, 15) is 4.79 Å². The SMILES string of the molecule is Cn1cc(-c2nc(C(=O)NCCSC3CCCC3)cs2)cn1. The lowest BCUT2D eigenvalue weighted by molar-refractivity contribution is 0.0952. The van der Waals surface area contributed by atoms with E-state index < -0.39 is 0 Å². The Morgan fingerprint density at radius 2 is 2.32 bits per heavy atom. The normalized spacial score (nSPS) is 15.3. The van der Waals surface area contributed by atoms with Gasteiger partial charge in [-0.3, -0.25) is 9.48 Å². The fraction of sp³-hybridized carbons (Fsp3) is 0.533. The van der Waals surface area contributed by atoms with E-state index in [1.807, 2.05) is 30.4 Å². The Morgan fingerprint density at radius 1 is 1.50 bits per heavy atom. The minimum Gasteiger partial charge on any atom is -0.350 e. The summed E-state index contributed by atoms with van der Waals surface area (Å²) < 4.78 is 1.73. The molecule has 1 N–H and O–H groups in total. The van der Waals surface area contributed by atoms with Crippen LogP contribution < -0.4 is 5.32 Å². The van der Waals surface area contributed by atoms with Gasteiger partial charge in [0.2, 0.25) is 0 Å². The Hall–Kier alpha value is -1.34. The maximum atomic E-state index is 12.1. The monoisotopic (exact) mass is 336 g/mol. The van der Waals surface area contributed by atoms with Gasteiger partial charge in [0, 0.05) is 41.7 Å². The van der Waals surface area contributed by atoms with Crippen LogP contribution in [0.2, 0.25) is 0 Å². The number of hydrogen-bond acceptors (Lipinski definition) is 5. The largest absolute Gasteiger partial charge is 0.350 e. The minimum atomic E-state index is -0.0848. The zero-order valence-corrected chi connectivity index (χ0v) is 14.3. The third-order valence-electron chi connectivity index (χ3n) is 3.73. The molecule has 0 spiro atoms. The first-order valence-corrected chi connectivity index (χ1v) is 9.49. The van der Waals surface area contributed by atoms with Crippen LogP contribution in [0.25, 0.3) is 10.6 Å². The van der Waals surface area contributed by atoms with E-state index in [4.69, 9.17) is 0 Å². The number of aromatic nitrogens is 3. The molecule has 2 heterocycles. The highest BCUT2D eigenvalue weighted by Gasteiger charge is 2.16. The molecule has 0 atom stereocenters. The molecule has 1 fully saturated rings. The van der Waals surface area contributed by atoms with Crippen molar-refractivity contribution in [2.24, 2.45) is 7.05 Å². The predicted octanol–water partition coefficient (Wildman–Crippen LogP) is 2.95. The Kier molecular flexibility index (Phi) is 5.15. The van der Waals surface area contributed by atoms with Crippen LogP contribution in [-0.4, -0.2) is 38.2 Å². The molecule has 0 aromatic carbocycles. The first-order chi connectivity index (χ1) is 10.7. The zero-order chi connectivity index (χ0) is 15.4. The van der Waals surface area contributed by atoms with Crippen LogP contribution in [0.4, 0.5) is 0 Å². The van der Waals surface area contributed by atoms with Crippen molar-refractivity contribution in [1.82, 2.24) is 20.1 Å². The molecule has 0 bridgehead atoms. The Bertz CT molecular complexity index is 631. The average Bonchev–Trinajstić information content (AvgIpc) is 3.24. The van der Waals surface area contributed by atoms with Crippen molar-refractivity contribution in [2.45, 2.75) is 30.9 Å². The summed E-state index contributed by atoms with van der Waals surface area (Å²) in [5.74, 6) is 0.897. The summed E-state index contributed by atoms with van der Waals surface area (Å²) >= 11 is 3.46. The van der Waals surface area contributed by atoms with Crippen molar-refractivity contribution in [3.05, 3.63) is 23.5 Å². The van der Waals surface area contributed by atoms with E-state index in [1.165, 1.54) is 37.0 Å². The molecule has 1 amide bonds.